The Morgan fingerprint density at radius 2 is 1.68 bits per heavy atom. The van der Waals surface area contributed by atoms with Gasteiger partial charge < -0.3 is 4.90 Å². The topological polar surface area (TPSA) is 41.0 Å². The second kappa shape index (κ2) is 9.11. The van der Waals surface area contributed by atoms with Gasteiger partial charge in [-0.2, -0.15) is 0 Å². The number of anilines is 1. The summed E-state index contributed by atoms with van der Waals surface area (Å²) >= 11 is 5.95. The Morgan fingerprint density at radius 3 is 2.32 bits per heavy atom. The van der Waals surface area contributed by atoms with E-state index in [0.717, 1.165) is 24.3 Å². The van der Waals surface area contributed by atoms with Crippen LogP contribution in [0.3, 0.4) is 0 Å². The highest BCUT2D eigenvalue weighted by molar-refractivity contribution is 6.30. The third kappa shape index (κ3) is 4.65. The smallest absolute Gasteiger partial charge is 0.279 e. The van der Waals surface area contributed by atoms with E-state index in [0.29, 0.717) is 21.3 Å². The van der Waals surface area contributed by atoms with Crippen LogP contribution in [0.2, 0.25) is 5.02 Å². The zero-order valence-electron chi connectivity index (χ0n) is 17.4. The Labute approximate surface area is 186 Å². The Bertz CT molecular complexity index is 1320. The van der Waals surface area contributed by atoms with Crippen molar-refractivity contribution in [2.45, 2.75) is 13.5 Å². The Morgan fingerprint density at radius 1 is 1.00 bits per heavy atom. The third-order valence-electron chi connectivity index (χ3n) is 5.26. The second-order valence-corrected chi connectivity index (χ2v) is 7.79. The van der Waals surface area contributed by atoms with Gasteiger partial charge in [-0.05, 0) is 60.5 Å². The van der Waals surface area contributed by atoms with Gasteiger partial charge in [0.25, 0.3) is 5.56 Å². The summed E-state index contributed by atoms with van der Waals surface area (Å²) in [6.45, 7) is 7.92. The molecular formula is C26H24ClN3O. The normalized spacial score (nSPS) is 11.6. The lowest BCUT2D eigenvalue weighted by atomic mass is 10.1. The first kappa shape index (κ1) is 20.8. The van der Waals surface area contributed by atoms with Gasteiger partial charge in [0.2, 0.25) is 0 Å². The molecule has 0 unspecified atom stereocenters. The number of halogens is 1. The molecule has 4 rings (SSSR count). The van der Waals surface area contributed by atoms with Crippen molar-refractivity contribution >= 4 is 29.9 Å². The van der Waals surface area contributed by atoms with Crippen molar-refractivity contribution in [1.29, 1.82) is 0 Å². The van der Waals surface area contributed by atoms with Crippen LogP contribution in [-0.2, 0) is 6.54 Å². The van der Waals surface area contributed by atoms with Crippen LogP contribution in [0, 0.1) is 0 Å². The summed E-state index contributed by atoms with van der Waals surface area (Å²) in [7, 11) is 0. The molecular weight excluding hydrogens is 406 g/mol. The predicted octanol–water partition coefficient (Wildman–Crippen LogP) is 4.08. The largest absolute Gasteiger partial charge is 0.367 e. The summed E-state index contributed by atoms with van der Waals surface area (Å²) < 4.78 is 1.48. The Balaban J connectivity index is 1.62. The summed E-state index contributed by atoms with van der Waals surface area (Å²) in [5.41, 5.74) is 3.94. The monoisotopic (exact) mass is 429 g/mol. The molecule has 1 heterocycles. The molecule has 0 aliphatic carbocycles. The van der Waals surface area contributed by atoms with Crippen molar-refractivity contribution < 1.29 is 0 Å². The molecule has 0 aliphatic heterocycles. The number of aromatic amines is 1. The van der Waals surface area contributed by atoms with Crippen molar-refractivity contribution in [3.05, 3.63) is 116 Å². The zero-order chi connectivity index (χ0) is 21.8. The fraction of sp³-hybridized carbons (Fsp3) is 0.115. The highest BCUT2D eigenvalue weighted by atomic mass is 35.5. The molecule has 1 N–H and O–H groups in total. The Hall–Kier alpha value is -3.50. The maximum absolute atomic E-state index is 12.9. The van der Waals surface area contributed by atoms with E-state index in [1.165, 1.54) is 10.2 Å². The number of nitrogens with zero attached hydrogens (tertiary/aromatic N) is 2. The summed E-state index contributed by atoms with van der Waals surface area (Å²) in [6, 6.07) is 25.8. The molecule has 31 heavy (non-hydrogen) atoms. The van der Waals surface area contributed by atoms with Gasteiger partial charge in [0.1, 0.15) is 0 Å². The van der Waals surface area contributed by atoms with Crippen molar-refractivity contribution in [3.63, 3.8) is 0 Å². The average molecular weight is 430 g/mol. The zero-order valence-corrected chi connectivity index (χ0v) is 18.1. The summed E-state index contributed by atoms with van der Waals surface area (Å²) in [6.07, 6.45) is 1.87. The first-order valence-electron chi connectivity index (χ1n) is 10.2. The molecule has 0 saturated heterocycles. The SMILES string of the molecule is C=c1[nH]n(-c2ccc(Cl)cc2)c(=O)/c1=C/c1ccc(N(CC)Cc2ccccc2)cc1. The van der Waals surface area contributed by atoms with E-state index in [9.17, 15) is 4.79 Å². The van der Waals surface area contributed by atoms with Crippen molar-refractivity contribution in [3.8, 4) is 5.69 Å². The average Bonchev–Trinajstić information content (AvgIpc) is 3.07. The molecule has 0 amide bonds. The molecule has 0 saturated carbocycles. The maximum atomic E-state index is 12.9. The number of nitrogens with one attached hydrogen (secondary N) is 1. The molecule has 1 aromatic heterocycles. The fourth-order valence-electron chi connectivity index (χ4n) is 3.55. The lowest BCUT2D eigenvalue weighted by Gasteiger charge is -2.23. The molecule has 3 aromatic carbocycles. The molecule has 5 heteroatoms. The van der Waals surface area contributed by atoms with Gasteiger partial charge >= 0.3 is 0 Å². The van der Waals surface area contributed by atoms with Crippen molar-refractivity contribution in [2.24, 2.45) is 0 Å². The summed E-state index contributed by atoms with van der Waals surface area (Å²) in [5.74, 6) is 0. The van der Waals surface area contributed by atoms with E-state index in [-0.39, 0.29) is 5.56 Å². The second-order valence-electron chi connectivity index (χ2n) is 7.36. The van der Waals surface area contributed by atoms with Crippen LogP contribution in [-0.4, -0.2) is 16.3 Å². The van der Waals surface area contributed by atoms with Crippen LogP contribution in [0.15, 0.2) is 83.7 Å². The molecule has 0 spiro atoms. The standard InChI is InChI=1S/C26H24ClN3O/c1-3-29(18-21-7-5-4-6-8-21)23-13-9-20(10-14-23)17-25-19(2)28-30(26(25)31)24-15-11-22(27)12-16-24/h4-17,28H,2-3,18H2,1H3/b25-17+. The number of hydrogen-bond donors (Lipinski definition) is 1. The quantitative estimate of drug-likeness (QED) is 0.501. The van der Waals surface area contributed by atoms with Crippen molar-refractivity contribution in [2.75, 3.05) is 11.4 Å². The minimum atomic E-state index is -0.143. The van der Waals surface area contributed by atoms with Crippen LogP contribution >= 0.6 is 11.6 Å². The molecule has 4 aromatic rings. The summed E-state index contributed by atoms with van der Waals surface area (Å²) in [4.78, 5) is 15.2. The molecule has 4 nitrogen and oxygen atoms in total. The predicted molar refractivity (Wildman–Crippen MR) is 129 cm³/mol. The van der Waals surface area contributed by atoms with Crippen LogP contribution in [0.1, 0.15) is 18.1 Å². The van der Waals surface area contributed by atoms with Crippen LogP contribution < -0.4 is 21.0 Å². The molecule has 0 radical (unpaired) electrons. The van der Waals surface area contributed by atoms with E-state index in [4.69, 9.17) is 11.6 Å². The number of rotatable bonds is 6. The van der Waals surface area contributed by atoms with E-state index in [1.807, 2.05) is 24.3 Å². The van der Waals surface area contributed by atoms with Gasteiger partial charge in [-0.15, -0.1) is 0 Å². The lowest BCUT2D eigenvalue weighted by molar-refractivity contribution is 0.832. The van der Waals surface area contributed by atoms with Crippen LogP contribution in [0.5, 0.6) is 0 Å². The van der Waals surface area contributed by atoms with E-state index in [1.54, 1.807) is 24.3 Å². The van der Waals surface area contributed by atoms with Crippen LogP contribution in [0.4, 0.5) is 5.69 Å². The number of hydrogen-bond acceptors (Lipinski definition) is 2. The van der Waals surface area contributed by atoms with Gasteiger partial charge in [0.05, 0.1) is 16.3 Å². The van der Waals surface area contributed by atoms with Gasteiger partial charge in [-0.25, -0.2) is 4.68 Å². The van der Waals surface area contributed by atoms with E-state index in [2.05, 4.69) is 59.9 Å². The first-order valence-corrected chi connectivity index (χ1v) is 10.6. The summed E-state index contributed by atoms with van der Waals surface area (Å²) in [5, 5.41) is 4.78. The van der Waals surface area contributed by atoms with Crippen molar-refractivity contribution in [1.82, 2.24) is 9.78 Å². The molecule has 0 bridgehead atoms. The highest BCUT2D eigenvalue weighted by Crippen LogP contribution is 2.18. The van der Waals surface area contributed by atoms with Crippen LogP contribution in [0.25, 0.3) is 18.3 Å². The number of aromatic nitrogens is 2. The van der Waals surface area contributed by atoms with Gasteiger partial charge in [-0.3, -0.25) is 9.89 Å². The molecule has 0 fully saturated rings. The number of benzene rings is 3. The minimum Gasteiger partial charge on any atom is -0.367 e. The molecule has 0 aliphatic rings. The third-order valence-corrected chi connectivity index (χ3v) is 5.51. The lowest BCUT2D eigenvalue weighted by Crippen LogP contribution is -2.33. The van der Waals surface area contributed by atoms with E-state index < -0.39 is 0 Å². The minimum absolute atomic E-state index is 0.143. The Kier molecular flexibility index (Phi) is 6.10. The molecule has 0 atom stereocenters. The highest BCUT2D eigenvalue weighted by Gasteiger charge is 2.07. The van der Waals surface area contributed by atoms with Gasteiger partial charge in [-0.1, -0.05) is 60.6 Å². The fourth-order valence-corrected chi connectivity index (χ4v) is 3.68. The maximum Gasteiger partial charge on any atom is 0.279 e. The van der Waals surface area contributed by atoms with E-state index >= 15 is 0 Å². The first-order chi connectivity index (χ1) is 15.0. The van der Waals surface area contributed by atoms with Gasteiger partial charge in [0.15, 0.2) is 0 Å². The molecule has 156 valence electrons. The van der Waals surface area contributed by atoms with Gasteiger partial charge in [0, 0.05) is 23.8 Å². The number of H-pyrrole nitrogens is 1.